The minimum absolute atomic E-state index is 0.0566. The zero-order valence-corrected chi connectivity index (χ0v) is 16.3. The largest absolute Gasteiger partial charge is 0.487 e. The van der Waals surface area contributed by atoms with Gasteiger partial charge in [0.05, 0.1) is 5.69 Å². The molecule has 2 aromatic carbocycles. The Labute approximate surface area is 164 Å². The van der Waals surface area contributed by atoms with E-state index in [9.17, 15) is 4.79 Å². The topological polar surface area (TPSA) is 51.2 Å². The number of thioether (sulfide) groups is 1. The second-order valence-electron chi connectivity index (χ2n) is 6.12. The zero-order chi connectivity index (χ0) is 19.1. The van der Waals surface area contributed by atoms with Crippen LogP contribution >= 0.6 is 11.8 Å². The van der Waals surface area contributed by atoms with Crippen molar-refractivity contribution < 1.29 is 9.53 Å². The second-order valence-corrected chi connectivity index (χ2v) is 7.00. The Hall–Kier alpha value is -2.79. The summed E-state index contributed by atoms with van der Waals surface area (Å²) in [6.07, 6.45) is 3.75. The number of benzene rings is 2. The molecule has 0 spiro atoms. The molecular weight excluding hydrogens is 356 g/mol. The maximum atomic E-state index is 12.5. The predicted octanol–water partition coefficient (Wildman–Crippen LogP) is 4.62. The van der Waals surface area contributed by atoms with Crippen LogP contribution in [0, 0.1) is 6.92 Å². The van der Waals surface area contributed by atoms with Gasteiger partial charge in [-0.25, -0.2) is 0 Å². The van der Waals surface area contributed by atoms with E-state index in [1.165, 1.54) is 0 Å². The lowest BCUT2D eigenvalue weighted by Gasteiger charge is -2.10. The van der Waals surface area contributed by atoms with Gasteiger partial charge in [-0.15, -0.1) is 11.8 Å². The Balaban J connectivity index is 1.55. The van der Waals surface area contributed by atoms with Crippen molar-refractivity contribution in [1.82, 2.24) is 10.3 Å². The average Bonchev–Trinajstić information content (AvgIpc) is 2.72. The third-order valence-electron chi connectivity index (χ3n) is 4.18. The smallest absolute Gasteiger partial charge is 0.251 e. The van der Waals surface area contributed by atoms with Crippen molar-refractivity contribution in [3.05, 3.63) is 89.2 Å². The molecule has 3 rings (SSSR count). The van der Waals surface area contributed by atoms with Gasteiger partial charge in [0.2, 0.25) is 0 Å². The summed E-state index contributed by atoms with van der Waals surface area (Å²) in [5.74, 6) is 0.720. The number of rotatable bonds is 7. The second kappa shape index (κ2) is 9.24. The van der Waals surface area contributed by atoms with Crippen LogP contribution in [0.25, 0.3) is 0 Å². The highest BCUT2D eigenvalue weighted by Gasteiger charge is 2.09. The first kappa shape index (κ1) is 19.0. The molecule has 1 aromatic heterocycles. The summed E-state index contributed by atoms with van der Waals surface area (Å²) in [7, 11) is 0. The van der Waals surface area contributed by atoms with Crippen molar-refractivity contribution in [1.29, 1.82) is 0 Å². The Morgan fingerprint density at radius 1 is 1.11 bits per heavy atom. The summed E-state index contributed by atoms with van der Waals surface area (Å²) in [6.45, 7) is 2.86. The fourth-order valence-corrected chi connectivity index (χ4v) is 3.03. The molecule has 0 aliphatic carbocycles. The molecule has 0 aliphatic rings. The molecule has 1 N–H and O–H groups in total. The highest BCUT2D eigenvalue weighted by molar-refractivity contribution is 7.98. The van der Waals surface area contributed by atoms with Crippen molar-refractivity contribution >= 4 is 17.7 Å². The van der Waals surface area contributed by atoms with Crippen molar-refractivity contribution in [3.8, 4) is 5.75 Å². The van der Waals surface area contributed by atoms with Crippen molar-refractivity contribution in [3.63, 3.8) is 0 Å². The first-order valence-electron chi connectivity index (χ1n) is 8.70. The summed E-state index contributed by atoms with van der Waals surface area (Å²) in [5, 5.41) is 2.99. The Morgan fingerprint density at radius 3 is 2.63 bits per heavy atom. The Bertz CT molecular complexity index is 896. The predicted molar refractivity (Wildman–Crippen MR) is 109 cm³/mol. The van der Waals surface area contributed by atoms with E-state index < -0.39 is 0 Å². The lowest BCUT2D eigenvalue weighted by Crippen LogP contribution is -2.23. The van der Waals surface area contributed by atoms with Crippen LogP contribution in [-0.4, -0.2) is 17.1 Å². The lowest BCUT2D eigenvalue weighted by molar-refractivity contribution is 0.0950. The molecule has 0 saturated carbocycles. The molecule has 27 heavy (non-hydrogen) atoms. The number of nitrogens with one attached hydrogen (secondary N) is 1. The van der Waals surface area contributed by atoms with Gasteiger partial charge >= 0.3 is 0 Å². The molecule has 0 fully saturated rings. The molecule has 1 heterocycles. The summed E-state index contributed by atoms with van der Waals surface area (Å²) in [4.78, 5) is 17.8. The normalized spacial score (nSPS) is 10.4. The van der Waals surface area contributed by atoms with E-state index in [1.807, 2.05) is 73.8 Å². The van der Waals surface area contributed by atoms with Gasteiger partial charge in [0.25, 0.3) is 5.91 Å². The third kappa shape index (κ3) is 5.34. The van der Waals surface area contributed by atoms with Crippen molar-refractivity contribution in [2.75, 3.05) is 6.26 Å². The number of aryl methyl sites for hydroxylation is 1. The average molecular weight is 378 g/mol. The first-order chi connectivity index (χ1) is 13.2. The molecule has 4 nitrogen and oxygen atoms in total. The van der Waals surface area contributed by atoms with Crippen LogP contribution in [0.5, 0.6) is 5.75 Å². The minimum atomic E-state index is -0.0566. The molecule has 0 radical (unpaired) electrons. The lowest BCUT2D eigenvalue weighted by atomic mass is 10.1. The van der Waals surface area contributed by atoms with Crippen LogP contribution in [-0.2, 0) is 13.2 Å². The van der Waals surface area contributed by atoms with Gasteiger partial charge in [0, 0.05) is 23.2 Å². The van der Waals surface area contributed by atoms with Gasteiger partial charge in [0.1, 0.15) is 12.4 Å². The number of ether oxygens (including phenoxy) is 1. The summed E-state index contributed by atoms with van der Waals surface area (Å²) in [6, 6.07) is 19.4. The number of pyridine rings is 1. The Kier molecular flexibility index (Phi) is 6.49. The van der Waals surface area contributed by atoms with E-state index in [0.717, 1.165) is 33.0 Å². The molecule has 0 bridgehead atoms. The van der Waals surface area contributed by atoms with E-state index in [2.05, 4.69) is 10.3 Å². The monoisotopic (exact) mass is 378 g/mol. The fraction of sp³-hybridized carbons (Fsp3) is 0.182. The Morgan fingerprint density at radius 2 is 1.93 bits per heavy atom. The van der Waals surface area contributed by atoms with Gasteiger partial charge in [-0.3, -0.25) is 9.78 Å². The number of hydrogen-bond donors (Lipinski definition) is 1. The highest BCUT2D eigenvalue weighted by atomic mass is 32.2. The maximum absolute atomic E-state index is 12.5. The third-order valence-corrected chi connectivity index (χ3v) is 4.90. The molecule has 0 aliphatic heterocycles. The van der Waals surface area contributed by atoms with Crippen LogP contribution in [0.2, 0.25) is 0 Å². The van der Waals surface area contributed by atoms with Crippen LogP contribution < -0.4 is 10.1 Å². The van der Waals surface area contributed by atoms with Gasteiger partial charge in [-0.05, 0) is 60.7 Å². The molecule has 0 atom stereocenters. The van der Waals surface area contributed by atoms with E-state index in [4.69, 9.17) is 4.74 Å². The number of aromatic nitrogens is 1. The zero-order valence-electron chi connectivity index (χ0n) is 15.4. The summed E-state index contributed by atoms with van der Waals surface area (Å²) < 4.78 is 5.73. The van der Waals surface area contributed by atoms with Crippen LogP contribution in [0.1, 0.15) is 27.2 Å². The van der Waals surface area contributed by atoms with E-state index in [0.29, 0.717) is 13.2 Å². The van der Waals surface area contributed by atoms with Crippen molar-refractivity contribution in [2.24, 2.45) is 0 Å². The molecule has 3 aromatic rings. The van der Waals surface area contributed by atoms with Gasteiger partial charge < -0.3 is 10.1 Å². The minimum Gasteiger partial charge on any atom is -0.487 e. The van der Waals surface area contributed by atoms with Crippen LogP contribution in [0.3, 0.4) is 0 Å². The number of nitrogens with zero attached hydrogens (tertiary/aromatic N) is 1. The number of carbonyl (C=O) groups excluding carboxylic acids is 1. The maximum Gasteiger partial charge on any atom is 0.251 e. The first-order valence-corrected chi connectivity index (χ1v) is 9.92. The molecule has 5 heteroatoms. The quantitative estimate of drug-likeness (QED) is 0.610. The van der Waals surface area contributed by atoms with Gasteiger partial charge in [-0.2, -0.15) is 0 Å². The summed E-state index contributed by atoms with van der Waals surface area (Å²) >= 11 is 1.63. The number of amides is 1. The number of carbonyl (C=O) groups is 1. The standard InChI is InChI=1S/C22H22N2O2S/c1-16-6-11-20(27-2)13-21(16)22(25)24-14-17-7-9-19(10-8-17)26-15-18-5-3-4-12-23-18/h3-13H,14-15H2,1-2H3,(H,24,25). The van der Waals surface area contributed by atoms with E-state index >= 15 is 0 Å². The van der Waals surface area contributed by atoms with Gasteiger partial charge in [-0.1, -0.05) is 24.3 Å². The summed E-state index contributed by atoms with van der Waals surface area (Å²) in [5.41, 5.74) is 3.60. The molecule has 0 unspecified atom stereocenters. The molecule has 138 valence electrons. The fourth-order valence-electron chi connectivity index (χ4n) is 2.59. The molecular formula is C22H22N2O2S. The molecule has 1 amide bonds. The van der Waals surface area contributed by atoms with Crippen molar-refractivity contribution in [2.45, 2.75) is 25.0 Å². The van der Waals surface area contributed by atoms with E-state index in [-0.39, 0.29) is 5.91 Å². The molecule has 0 saturated heterocycles. The highest BCUT2D eigenvalue weighted by Crippen LogP contribution is 2.19. The van der Waals surface area contributed by atoms with Gasteiger partial charge in [0.15, 0.2) is 0 Å². The van der Waals surface area contributed by atoms with Crippen LogP contribution in [0.15, 0.2) is 71.8 Å². The van der Waals surface area contributed by atoms with Crippen LogP contribution in [0.4, 0.5) is 0 Å². The SMILES string of the molecule is CSc1ccc(C)c(C(=O)NCc2ccc(OCc3ccccn3)cc2)c1. The van der Waals surface area contributed by atoms with E-state index in [1.54, 1.807) is 18.0 Å². The number of hydrogen-bond acceptors (Lipinski definition) is 4.